The lowest BCUT2D eigenvalue weighted by Crippen LogP contribution is -2.45. The van der Waals surface area contributed by atoms with Gasteiger partial charge in [-0.3, -0.25) is 5.10 Å². The number of nitrogens with zero attached hydrogens (tertiary/aromatic N) is 4. The predicted molar refractivity (Wildman–Crippen MR) is 91.5 cm³/mol. The van der Waals surface area contributed by atoms with Crippen LogP contribution in [-0.4, -0.2) is 43.8 Å². The highest BCUT2D eigenvalue weighted by Gasteiger charge is 2.24. The van der Waals surface area contributed by atoms with Crippen LogP contribution in [0, 0.1) is 19.8 Å². The molecule has 2 aromatic rings. The minimum atomic E-state index is 0.0135. The fraction of sp³-hybridized carbons (Fsp3) is 0.588. The summed E-state index contributed by atoms with van der Waals surface area (Å²) in [6.07, 6.45) is 6.92. The molecule has 0 aromatic carbocycles. The van der Waals surface area contributed by atoms with Crippen LogP contribution in [0.4, 0.5) is 4.79 Å². The molecule has 1 fully saturated rings. The molecule has 1 unspecified atom stereocenters. The number of H-pyrrole nitrogens is 1. The molecular formula is C17H26N6O. The number of nitrogens with one attached hydrogen (secondary N) is 2. The molecule has 7 heteroatoms. The summed E-state index contributed by atoms with van der Waals surface area (Å²) >= 11 is 0. The number of piperidine rings is 1. The Morgan fingerprint density at radius 1 is 1.46 bits per heavy atom. The smallest absolute Gasteiger partial charge is 0.317 e. The van der Waals surface area contributed by atoms with E-state index in [1.54, 1.807) is 0 Å². The van der Waals surface area contributed by atoms with Crippen LogP contribution in [0.5, 0.6) is 0 Å². The molecule has 0 radical (unpaired) electrons. The summed E-state index contributed by atoms with van der Waals surface area (Å²) in [6.45, 7) is 6.07. The molecule has 2 N–H and O–H groups in total. The standard InChI is InChI=1S/C17H26N6O/c1-12-15(13(2)21-20-12)10-19-17(24)23-7-4-5-14(11-23)9-16-18-6-8-22(16)3/h6,8,14H,4-5,7,9-11H2,1-3H3,(H,19,24)(H,20,21). The first-order chi connectivity index (χ1) is 11.5. The third-order valence-electron chi connectivity index (χ3n) is 4.90. The van der Waals surface area contributed by atoms with Crippen LogP contribution in [0.2, 0.25) is 0 Å². The lowest BCUT2D eigenvalue weighted by atomic mass is 9.94. The van der Waals surface area contributed by atoms with Crippen LogP contribution in [-0.2, 0) is 20.0 Å². The minimum absolute atomic E-state index is 0.0135. The number of amides is 2. The number of rotatable bonds is 4. The van der Waals surface area contributed by atoms with Crippen LogP contribution < -0.4 is 5.32 Å². The molecule has 1 aliphatic heterocycles. The molecule has 130 valence electrons. The second kappa shape index (κ2) is 7.07. The van der Waals surface area contributed by atoms with Crippen molar-refractivity contribution in [2.24, 2.45) is 13.0 Å². The van der Waals surface area contributed by atoms with E-state index in [0.717, 1.165) is 55.1 Å². The van der Waals surface area contributed by atoms with E-state index in [1.807, 2.05) is 38.2 Å². The number of aromatic amines is 1. The average molecular weight is 330 g/mol. The molecule has 0 saturated carbocycles. The Hall–Kier alpha value is -2.31. The Kier molecular flexibility index (Phi) is 4.87. The largest absolute Gasteiger partial charge is 0.338 e. The van der Waals surface area contributed by atoms with Crippen molar-refractivity contribution in [2.75, 3.05) is 13.1 Å². The number of aromatic nitrogens is 4. The first-order valence-electron chi connectivity index (χ1n) is 8.54. The zero-order chi connectivity index (χ0) is 17.1. The van der Waals surface area contributed by atoms with Crippen LogP contribution in [0.25, 0.3) is 0 Å². The maximum absolute atomic E-state index is 12.5. The molecule has 0 spiro atoms. The van der Waals surface area contributed by atoms with Crippen LogP contribution in [0.3, 0.4) is 0 Å². The van der Waals surface area contributed by atoms with Gasteiger partial charge in [0.25, 0.3) is 0 Å². The number of urea groups is 1. The summed E-state index contributed by atoms with van der Waals surface area (Å²) < 4.78 is 2.06. The van der Waals surface area contributed by atoms with Gasteiger partial charge in [0.1, 0.15) is 5.82 Å². The van der Waals surface area contributed by atoms with Crippen molar-refractivity contribution in [1.29, 1.82) is 0 Å². The second-order valence-corrected chi connectivity index (χ2v) is 6.68. The Morgan fingerprint density at radius 3 is 2.96 bits per heavy atom. The monoisotopic (exact) mass is 330 g/mol. The Balaban J connectivity index is 1.54. The Labute approximate surface area is 142 Å². The summed E-state index contributed by atoms with van der Waals surface area (Å²) in [4.78, 5) is 18.8. The quantitative estimate of drug-likeness (QED) is 0.899. The molecule has 7 nitrogen and oxygen atoms in total. The number of carbonyl (C=O) groups excluding carboxylic acids is 1. The van der Waals surface area contributed by atoms with E-state index in [1.165, 1.54) is 0 Å². The summed E-state index contributed by atoms with van der Waals surface area (Å²) in [6, 6.07) is 0.0135. The van der Waals surface area contributed by atoms with Gasteiger partial charge in [0.15, 0.2) is 0 Å². The Bertz CT molecular complexity index is 684. The third kappa shape index (κ3) is 3.60. The second-order valence-electron chi connectivity index (χ2n) is 6.68. The number of likely N-dealkylation sites (tertiary alicyclic amines) is 1. The molecule has 1 atom stereocenters. The molecular weight excluding hydrogens is 304 g/mol. The zero-order valence-corrected chi connectivity index (χ0v) is 14.7. The van der Waals surface area contributed by atoms with Gasteiger partial charge in [-0.2, -0.15) is 5.10 Å². The summed E-state index contributed by atoms with van der Waals surface area (Å²) in [5, 5.41) is 10.2. The lowest BCUT2D eigenvalue weighted by molar-refractivity contribution is 0.164. The van der Waals surface area contributed by atoms with Crippen molar-refractivity contribution < 1.29 is 4.79 Å². The molecule has 3 heterocycles. The predicted octanol–water partition coefficient (Wildman–Crippen LogP) is 1.92. The van der Waals surface area contributed by atoms with E-state index in [9.17, 15) is 4.79 Å². The highest BCUT2D eigenvalue weighted by atomic mass is 16.2. The van der Waals surface area contributed by atoms with E-state index in [2.05, 4.69) is 25.1 Å². The van der Waals surface area contributed by atoms with Crippen molar-refractivity contribution >= 4 is 6.03 Å². The van der Waals surface area contributed by atoms with Crippen molar-refractivity contribution in [3.8, 4) is 0 Å². The van der Waals surface area contributed by atoms with Gasteiger partial charge in [0, 0.05) is 56.8 Å². The molecule has 0 aliphatic carbocycles. The van der Waals surface area contributed by atoms with Gasteiger partial charge in [-0.25, -0.2) is 9.78 Å². The number of imidazole rings is 1. The van der Waals surface area contributed by atoms with Crippen LogP contribution in [0.15, 0.2) is 12.4 Å². The average Bonchev–Trinajstić information content (AvgIpc) is 3.12. The van der Waals surface area contributed by atoms with Gasteiger partial charge in [-0.05, 0) is 32.6 Å². The first kappa shape index (κ1) is 16.5. The third-order valence-corrected chi connectivity index (χ3v) is 4.90. The molecule has 24 heavy (non-hydrogen) atoms. The van der Waals surface area contributed by atoms with Crippen molar-refractivity contribution in [3.63, 3.8) is 0 Å². The fourth-order valence-corrected chi connectivity index (χ4v) is 3.38. The molecule has 3 rings (SSSR count). The molecule has 1 aliphatic rings. The van der Waals surface area contributed by atoms with Crippen molar-refractivity contribution in [1.82, 2.24) is 30.0 Å². The number of hydrogen-bond acceptors (Lipinski definition) is 3. The highest BCUT2D eigenvalue weighted by molar-refractivity contribution is 5.74. The van der Waals surface area contributed by atoms with Crippen molar-refractivity contribution in [2.45, 2.75) is 39.7 Å². The molecule has 0 bridgehead atoms. The summed E-state index contributed by atoms with van der Waals surface area (Å²) in [5.74, 6) is 1.56. The minimum Gasteiger partial charge on any atom is -0.338 e. The molecule has 2 aromatic heterocycles. The zero-order valence-electron chi connectivity index (χ0n) is 14.7. The van der Waals surface area contributed by atoms with Gasteiger partial charge in [-0.1, -0.05) is 0 Å². The van der Waals surface area contributed by atoms with Gasteiger partial charge >= 0.3 is 6.03 Å². The maximum atomic E-state index is 12.5. The maximum Gasteiger partial charge on any atom is 0.317 e. The number of hydrogen-bond donors (Lipinski definition) is 2. The van der Waals surface area contributed by atoms with Gasteiger partial charge in [0.2, 0.25) is 0 Å². The number of carbonyl (C=O) groups is 1. The Morgan fingerprint density at radius 2 is 2.29 bits per heavy atom. The van der Waals surface area contributed by atoms with E-state index < -0.39 is 0 Å². The van der Waals surface area contributed by atoms with E-state index >= 15 is 0 Å². The van der Waals surface area contributed by atoms with E-state index in [0.29, 0.717) is 12.5 Å². The SMILES string of the molecule is Cc1n[nH]c(C)c1CNC(=O)N1CCCC(Cc2nccn2C)C1. The van der Waals surface area contributed by atoms with Gasteiger partial charge in [-0.15, -0.1) is 0 Å². The normalized spacial score (nSPS) is 18.0. The highest BCUT2D eigenvalue weighted by Crippen LogP contribution is 2.20. The molecule has 1 saturated heterocycles. The van der Waals surface area contributed by atoms with Crippen LogP contribution >= 0.6 is 0 Å². The van der Waals surface area contributed by atoms with E-state index in [-0.39, 0.29) is 6.03 Å². The molecule has 2 amide bonds. The fourth-order valence-electron chi connectivity index (χ4n) is 3.38. The number of aryl methyl sites for hydroxylation is 3. The van der Waals surface area contributed by atoms with Gasteiger partial charge < -0.3 is 14.8 Å². The van der Waals surface area contributed by atoms with Crippen molar-refractivity contribution in [3.05, 3.63) is 35.2 Å². The summed E-state index contributed by atoms with van der Waals surface area (Å²) in [7, 11) is 2.02. The topological polar surface area (TPSA) is 78.8 Å². The first-order valence-corrected chi connectivity index (χ1v) is 8.54. The van der Waals surface area contributed by atoms with Gasteiger partial charge in [0.05, 0.1) is 5.69 Å². The van der Waals surface area contributed by atoms with E-state index in [4.69, 9.17) is 0 Å². The lowest BCUT2D eigenvalue weighted by Gasteiger charge is -2.32. The summed E-state index contributed by atoms with van der Waals surface area (Å²) in [5.41, 5.74) is 3.03. The van der Waals surface area contributed by atoms with Crippen LogP contribution in [0.1, 0.15) is 35.6 Å².